The van der Waals surface area contributed by atoms with E-state index in [-0.39, 0.29) is 11.6 Å². The van der Waals surface area contributed by atoms with E-state index in [2.05, 4.69) is 45.1 Å². The first-order valence-electron chi connectivity index (χ1n) is 6.33. The Morgan fingerprint density at radius 1 is 1.63 bits per heavy atom. The van der Waals surface area contributed by atoms with E-state index < -0.39 is 5.97 Å². The Hall–Kier alpha value is -1.14. The summed E-state index contributed by atoms with van der Waals surface area (Å²) in [5.74, 6) is -0.505. The van der Waals surface area contributed by atoms with Gasteiger partial charge in [-0.2, -0.15) is 0 Å². The fraction of sp³-hybridized carbons (Fsp3) is 0.538. The van der Waals surface area contributed by atoms with Crippen molar-refractivity contribution in [2.45, 2.75) is 31.8 Å². The third-order valence-corrected chi connectivity index (χ3v) is 4.07. The second-order valence-electron chi connectivity index (χ2n) is 5.05. The van der Waals surface area contributed by atoms with Gasteiger partial charge in [0.2, 0.25) is 0 Å². The van der Waals surface area contributed by atoms with Crippen molar-refractivity contribution >= 4 is 27.7 Å². The van der Waals surface area contributed by atoms with Gasteiger partial charge in [-0.3, -0.25) is 0 Å². The fourth-order valence-corrected chi connectivity index (χ4v) is 2.66. The van der Waals surface area contributed by atoms with Crippen molar-refractivity contribution in [3.05, 3.63) is 22.3 Å². The van der Waals surface area contributed by atoms with E-state index in [4.69, 9.17) is 0 Å². The van der Waals surface area contributed by atoms with Crippen LogP contribution in [0.1, 0.15) is 30.1 Å². The number of hydrogen-bond donors (Lipinski definition) is 2. The molecule has 2 atom stereocenters. The molecule has 1 aromatic rings. The van der Waals surface area contributed by atoms with Crippen molar-refractivity contribution < 1.29 is 9.90 Å². The number of nitrogens with zero attached hydrogens (tertiary/aromatic N) is 2. The molecular weight excluding hydrogens is 310 g/mol. The highest BCUT2D eigenvalue weighted by Crippen LogP contribution is 2.23. The van der Waals surface area contributed by atoms with E-state index in [0.29, 0.717) is 16.3 Å². The zero-order valence-electron chi connectivity index (χ0n) is 11.1. The molecule has 2 rings (SSSR count). The average molecular weight is 328 g/mol. The van der Waals surface area contributed by atoms with Gasteiger partial charge in [-0.15, -0.1) is 0 Å². The van der Waals surface area contributed by atoms with Crippen LogP contribution >= 0.6 is 15.9 Å². The smallest absolute Gasteiger partial charge is 0.339 e. The van der Waals surface area contributed by atoms with E-state index in [1.165, 1.54) is 0 Å². The molecule has 1 saturated heterocycles. The fourth-order valence-electron chi connectivity index (χ4n) is 2.33. The number of carboxylic acids is 1. The van der Waals surface area contributed by atoms with E-state index in [1.807, 2.05) is 0 Å². The predicted octanol–water partition coefficient (Wildman–Crippen LogP) is 2.44. The molecule has 5 nitrogen and oxygen atoms in total. The van der Waals surface area contributed by atoms with Gasteiger partial charge in [0, 0.05) is 29.3 Å². The number of carboxylic acid groups (broad SMARTS) is 1. The average Bonchev–Trinajstić information content (AvgIpc) is 2.36. The summed E-state index contributed by atoms with van der Waals surface area (Å²) in [5, 5.41) is 12.5. The summed E-state index contributed by atoms with van der Waals surface area (Å²) < 4.78 is 0.673. The van der Waals surface area contributed by atoms with Crippen molar-refractivity contribution in [2.75, 3.05) is 18.9 Å². The molecule has 104 valence electrons. The molecule has 0 bridgehead atoms. The Labute approximate surface area is 121 Å². The van der Waals surface area contributed by atoms with Gasteiger partial charge in [0.15, 0.2) is 0 Å². The van der Waals surface area contributed by atoms with Crippen LogP contribution in [0, 0.1) is 0 Å². The lowest BCUT2D eigenvalue weighted by molar-refractivity contribution is 0.0697. The number of likely N-dealkylation sites (tertiary alicyclic amines) is 1. The molecule has 0 aromatic carbocycles. The molecule has 1 aliphatic heterocycles. The highest BCUT2D eigenvalue weighted by molar-refractivity contribution is 9.10. The van der Waals surface area contributed by atoms with Crippen molar-refractivity contribution in [3.63, 3.8) is 0 Å². The van der Waals surface area contributed by atoms with E-state index >= 15 is 0 Å². The Kier molecular flexibility index (Phi) is 4.42. The van der Waals surface area contributed by atoms with Crippen LogP contribution in [0.2, 0.25) is 0 Å². The molecule has 1 aliphatic rings. The number of carbonyl (C=O) groups is 1. The molecule has 0 amide bonds. The number of rotatable bonds is 3. The summed E-state index contributed by atoms with van der Waals surface area (Å²) in [5.41, 5.74) is 0.209. The lowest BCUT2D eigenvalue weighted by Gasteiger charge is -2.35. The summed E-state index contributed by atoms with van der Waals surface area (Å²) in [6.07, 6.45) is 3.61. The van der Waals surface area contributed by atoms with E-state index in [9.17, 15) is 9.90 Å². The maximum atomic E-state index is 11.2. The Balaban J connectivity index is 2.13. The van der Waals surface area contributed by atoms with Crippen molar-refractivity contribution in [3.8, 4) is 0 Å². The Morgan fingerprint density at radius 2 is 2.37 bits per heavy atom. The maximum absolute atomic E-state index is 11.2. The molecule has 0 radical (unpaired) electrons. The second-order valence-corrected chi connectivity index (χ2v) is 5.97. The van der Waals surface area contributed by atoms with Gasteiger partial charge >= 0.3 is 5.97 Å². The van der Waals surface area contributed by atoms with Gasteiger partial charge in [0.05, 0.1) is 0 Å². The molecule has 0 saturated carbocycles. The molecule has 1 fully saturated rings. The minimum absolute atomic E-state index is 0.209. The van der Waals surface area contributed by atoms with Crippen LogP contribution in [0.25, 0.3) is 0 Å². The molecule has 0 aliphatic carbocycles. The van der Waals surface area contributed by atoms with Gasteiger partial charge in [-0.1, -0.05) is 0 Å². The van der Waals surface area contributed by atoms with Gasteiger partial charge in [0.25, 0.3) is 0 Å². The van der Waals surface area contributed by atoms with Crippen molar-refractivity contribution in [1.29, 1.82) is 0 Å². The molecule has 2 heterocycles. The minimum Gasteiger partial charge on any atom is -0.478 e. The normalized spacial score (nSPS) is 24.2. The molecular formula is C13H18BrN3O2. The zero-order chi connectivity index (χ0) is 14.0. The van der Waals surface area contributed by atoms with Crippen LogP contribution in [0.3, 0.4) is 0 Å². The molecule has 19 heavy (non-hydrogen) atoms. The van der Waals surface area contributed by atoms with E-state index in [1.54, 1.807) is 12.3 Å². The summed E-state index contributed by atoms with van der Waals surface area (Å²) in [7, 11) is 2.11. The highest BCUT2D eigenvalue weighted by atomic mass is 79.9. The van der Waals surface area contributed by atoms with Crippen molar-refractivity contribution in [2.24, 2.45) is 0 Å². The standard InChI is InChI=1S/C13H18BrN3O2/c1-8-5-10(3-4-17(8)2)16-12-11(13(18)19)6-9(14)7-15-12/h6-8,10H,3-5H2,1-2H3,(H,15,16)(H,18,19). The van der Waals surface area contributed by atoms with Crippen LogP contribution in [-0.4, -0.2) is 46.6 Å². The van der Waals surface area contributed by atoms with Crippen LogP contribution < -0.4 is 5.32 Å². The number of piperidine rings is 1. The number of anilines is 1. The SMILES string of the molecule is CC1CC(Nc2ncc(Br)cc2C(=O)O)CCN1C. The Bertz CT molecular complexity index is 481. The first kappa shape index (κ1) is 14.3. The predicted molar refractivity (Wildman–Crippen MR) is 77.6 cm³/mol. The quantitative estimate of drug-likeness (QED) is 0.892. The van der Waals surface area contributed by atoms with Gasteiger partial charge in [0.1, 0.15) is 11.4 Å². The van der Waals surface area contributed by atoms with Gasteiger partial charge in [-0.25, -0.2) is 9.78 Å². The summed E-state index contributed by atoms with van der Waals surface area (Å²) in [6.45, 7) is 3.19. The third kappa shape index (κ3) is 3.45. The molecule has 0 spiro atoms. The van der Waals surface area contributed by atoms with Crippen LogP contribution in [0.15, 0.2) is 16.7 Å². The monoisotopic (exact) mass is 327 g/mol. The minimum atomic E-state index is -0.961. The summed E-state index contributed by atoms with van der Waals surface area (Å²) in [4.78, 5) is 17.7. The number of aromatic carboxylic acids is 1. The summed E-state index contributed by atoms with van der Waals surface area (Å²) >= 11 is 3.25. The van der Waals surface area contributed by atoms with Gasteiger partial charge in [-0.05, 0) is 48.8 Å². The van der Waals surface area contributed by atoms with Crippen LogP contribution in [0.4, 0.5) is 5.82 Å². The lowest BCUT2D eigenvalue weighted by Crippen LogP contribution is -2.42. The molecule has 2 unspecified atom stereocenters. The number of aromatic nitrogens is 1. The van der Waals surface area contributed by atoms with Crippen molar-refractivity contribution in [1.82, 2.24) is 9.88 Å². The topological polar surface area (TPSA) is 65.5 Å². The van der Waals surface area contributed by atoms with Gasteiger partial charge < -0.3 is 15.3 Å². The molecule has 1 aromatic heterocycles. The highest BCUT2D eigenvalue weighted by Gasteiger charge is 2.24. The molecule has 2 N–H and O–H groups in total. The molecule has 6 heteroatoms. The lowest BCUT2D eigenvalue weighted by atomic mass is 9.99. The maximum Gasteiger partial charge on any atom is 0.339 e. The van der Waals surface area contributed by atoms with Crippen LogP contribution in [-0.2, 0) is 0 Å². The third-order valence-electron chi connectivity index (χ3n) is 3.63. The number of pyridine rings is 1. The summed E-state index contributed by atoms with van der Waals surface area (Å²) in [6, 6.07) is 2.35. The van der Waals surface area contributed by atoms with E-state index in [0.717, 1.165) is 19.4 Å². The number of hydrogen-bond acceptors (Lipinski definition) is 4. The number of nitrogens with one attached hydrogen (secondary N) is 1. The first-order chi connectivity index (χ1) is 8.97. The first-order valence-corrected chi connectivity index (χ1v) is 7.12. The largest absolute Gasteiger partial charge is 0.478 e. The number of halogens is 1. The van der Waals surface area contributed by atoms with Crippen LogP contribution in [0.5, 0.6) is 0 Å². The second kappa shape index (κ2) is 5.88. The zero-order valence-corrected chi connectivity index (χ0v) is 12.6. The Morgan fingerprint density at radius 3 is 3.00 bits per heavy atom.